The van der Waals surface area contributed by atoms with Crippen LogP contribution in [0.15, 0.2) is 48.6 Å². The maximum Gasteiger partial charge on any atom is 0.306 e. The summed E-state index contributed by atoms with van der Waals surface area (Å²) in [6.07, 6.45) is 50.0. The second kappa shape index (κ2) is 37.4. The Balaban J connectivity index is 3.96. The van der Waals surface area contributed by atoms with Gasteiger partial charge in [-0.25, -0.2) is 0 Å². The first-order valence-corrected chi connectivity index (χ1v) is 19.6. The number of hydrogen-bond acceptors (Lipinski definition) is 3. The number of unbranched alkanes of at least 4 members (excludes halogenated alkanes) is 18. The first-order valence-electron chi connectivity index (χ1n) is 19.6. The molecule has 0 aliphatic heterocycles. The zero-order valence-corrected chi connectivity index (χ0v) is 30.4. The number of carboxylic acid groups (broad SMARTS) is 1. The Morgan fingerprint density at radius 1 is 0.478 bits per heavy atom. The molecule has 0 rings (SSSR count). The van der Waals surface area contributed by atoms with Gasteiger partial charge in [0.2, 0.25) is 0 Å². The summed E-state index contributed by atoms with van der Waals surface area (Å²) >= 11 is 0. The average Bonchev–Trinajstić information content (AvgIpc) is 3.04. The molecule has 0 saturated heterocycles. The van der Waals surface area contributed by atoms with Crippen LogP contribution in [0.5, 0.6) is 0 Å². The summed E-state index contributed by atoms with van der Waals surface area (Å²) in [5.41, 5.74) is 0. The maximum atomic E-state index is 12.6. The summed E-state index contributed by atoms with van der Waals surface area (Å²) in [5, 5.41) is 8.71. The molecule has 4 nitrogen and oxygen atoms in total. The zero-order chi connectivity index (χ0) is 33.6. The summed E-state index contributed by atoms with van der Waals surface area (Å²) in [6.45, 7) is 4.49. The molecule has 0 spiro atoms. The molecule has 0 fully saturated rings. The average molecular weight is 643 g/mol. The molecule has 0 amide bonds. The molecule has 0 saturated carbocycles. The molecular weight excluding hydrogens is 568 g/mol. The van der Waals surface area contributed by atoms with Gasteiger partial charge in [-0.1, -0.05) is 152 Å². The van der Waals surface area contributed by atoms with Gasteiger partial charge in [-0.2, -0.15) is 0 Å². The Morgan fingerprint density at radius 3 is 1.35 bits per heavy atom. The minimum absolute atomic E-state index is 0.000758. The van der Waals surface area contributed by atoms with E-state index in [1.54, 1.807) is 0 Å². The van der Waals surface area contributed by atoms with Crippen LogP contribution in [-0.2, 0) is 14.3 Å². The molecular formula is C42H74O4. The van der Waals surface area contributed by atoms with Crippen LogP contribution >= 0.6 is 0 Å². The summed E-state index contributed by atoms with van der Waals surface area (Å²) in [6, 6.07) is 0. The van der Waals surface area contributed by atoms with Crippen molar-refractivity contribution in [2.75, 3.05) is 0 Å². The van der Waals surface area contributed by atoms with Gasteiger partial charge in [0.25, 0.3) is 0 Å². The van der Waals surface area contributed by atoms with Gasteiger partial charge in [-0.05, 0) is 83.5 Å². The summed E-state index contributed by atoms with van der Waals surface area (Å²) in [5.74, 6) is -0.682. The minimum atomic E-state index is -0.682. The molecule has 0 heterocycles. The van der Waals surface area contributed by atoms with Crippen LogP contribution in [0, 0.1) is 0 Å². The highest BCUT2D eigenvalue weighted by molar-refractivity contribution is 5.69. The van der Waals surface area contributed by atoms with Crippen molar-refractivity contribution < 1.29 is 19.4 Å². The number of carboxylic acids is 1. The van der Waals surface area contributed by atoms with Gasteiger partial charge in [0.15, 0.2) is 0 Å². The third-order valence-electron chi connectivity index (χ3n) is 8.55. The van der Waals surface area contributed by atoms with Crippen molar-refractivity contribution in [1.82, 2.24) is 0 Å². The normalized spacial score (nSPS) is 12.7. The number of esters is 1. The third-order valence-corrected chi connectivity index (χ3v) is 8.55. The molecule has 4 heteroatoms. The Morgan fingerprint density at radius 2 is 0.848 bits per heavy atom. The van der Waals surface area contributed by atoms with Crippen LogP contribution in [-0.4, -0.2) is 23.1 Å². The number of hydrogen-bond donors (Lipinski definition) is 1. The molecule has 46 heavy (non-hydrogen) atoms. The fourth-order valence-corrected chi connectivity index (χ4v) is 5.64. The molecule has 0 radical (unpaired) electrons. The smallest absolute Gasteiger partial charge is 0.306 e. The van der Waals surface area contributed by atoms with Crippen LogP contribution in [0.2, 0.25) is 0 Å². The maximum absolute atomic E-state index is 12.6. The molecule has 0 aromatic heterocycles. The Labute approximate surface area is 285 Å². The van der Waals surface area contributed by atoms with Gasteiger partial charge in [-0.15, -0.1) is 0 Å². The molecule has 1 N–H and O–H groups in total. The predicted octanol–water partition coefficient (Wildman–Crippen LogP) is 13.6. The largest absolute Gasteiger partial charge is 0.481 e. The van der Waals surface area contributed by atoms with Crippen molar-refractivity contribution in [3.05, 3.63) is 48.6 Å². The first-order chi connectivity index (χ1) is 22.6. The Kier molecular flexibility index (Phi) is 35.7. The van der Waals surface area contributed by atoms with Crippen molar-refractivity contribution in [2.45, 2.75) is 206 Å². The molecule has 1 unspecified atom stereocenters. The van der Waals surface area contributed by atoms with E-state index < -0.39 is 5.97 Å². The SMILES string of the molecule is CCCCC/C=C\C/C=C\C/C=C\C/C=C\CCCCCC(=O)OC(CCCCCCC)CCCCCCCCCCCC(=O)O. The van der Waals surface area contributed by atoms with E-state index in [2.05, 4.69) is 62.5 Å². The second-order valence-corrected chi connectivity index (χ2v) is 13.1. The first kappa shape index (κ1) is 43.9. The van der Waals surface area contributed by atoms with Gasteiger partial charge in [0.1, 0.15) is 6.10 Å². The molecule has 1 atom stereocenters. The van der Waals surface area contributed by atoms with Gasteiger partial charge in [0.05, 0.1) is 0 Å². The quantitative estimate of drug-likeness (QED) is 0.0424. The molecule has 266 valence electrons. The fourth-order valence-electron chi connectivity index (χ4n) is 5.64. The lowest BCUT2D eigenvalue weighted by molar-refractivity contribution is -0.150. The second-order valence-electron chi connectivity index (χ2n) is 13.1. The van der Waals surface area contributed by atoms with Crippen molar-refractivity contribution >= 4 is 11.9 Å². The lowest BCUT2D eigenvalue weighted by atomic mass is 10.0. The van der Waals surface area contributed by atoms with Gasteiger partial charge in [-0.3, -0.25) is 9.59 Å². The van der Waals surface area contributed by atoms with E-state index >= 15 is 0 Å². The number of allylic oxidation sites excluding steroid dienone is 8. The van der Waals surface area contributed by atoms with E-state index in [0.29, 0.717) is 12.8 Å². The molecule has 0 aliphatic carbocycles. The molecule has 0 aromatic rings. The van der Waals surface area contributed by atoms with E-state index in [1.807, 2.05) is 0 Å². The van der Waals surface area contributed by atoms with E-state index in [-0.39, 0.29) is 12.1 Å². The number of carbonyl (C=O) groups is 2. The van der Waals surface area contributed by atoms with Gasteiger partial charge in [0, 0.05) is 12.8 Å². The van der Waals surface area contributed by atoms with E-state index in [4.69, 9.17) is 9.84 Å². The topological polar surface area (TPSA) is 63.6 Å². The van der Waals surface area contributed by atoms with E-state index in [1.165, 1.54) is 83.5 Å². The van der Waals surface area contributed by atoms with Crippen molar-refractivity contribution in [3.8, 4) is 0 Å². The van der Waals surface area contributed by atoms with Crippen LogP contribution in [0.1, 0.15) is 200 Å². The molecule has 0 bridgehead atoms. The monoisotopic (exact) mass is 643 g/mol. The third kappa shape index (κ3) is 36.4. The fraction of sp³-hybridized carbons (Fsp3) is 0.762. The number of aliphatic carboxylic acids is 1. The standard InChI is InChI=1S/C42H74O4/c1-3-5-7-9-10-11-12-13-14-15-16-17-18-19-20-24-27-31-35-39-42(45)46-40(36-32-28-8-6-4-2)37-33-29-25-22-21-23-26-30-34-38-41(43)44/h10-11,13-14,16-17,19-20,40H,3-9,12,15,18,21-39H2,1-2H3,(H,43,44)/b11-10-,14-13-,17-16-,20-19-. The van der Waals surface area contributed by atoms with Crippen molar-refractivity contribution in [3.63, 3.8) is 0 Å². The number of rotatable bonds is 35. The minimum Gasteiger partial charge on any atom is -0.481 e. The predicted molar refractivity (Wildman–Crippen MR) is 199 cm³/mol. The Bertz CT molecular complexity index is 779. The van der Waals surface area contributed by atoms with E-state index in [0.717, 1.165) is 89.9 Å². The summed E-state index contributed by atoms with van der Waals surface area (Å²) in [4.78, 5) is 23.2. The highest BCUT2D eigenvalue weighted by Crippen LogP contribution is 2.18. The van der Waals surface area contributed by atoms with Crippen LogP contribution in [0.3, 0.4) is 0 Å². The Hall–Kier alpha value is -2.10. The van der Waals surface area contributed by atoms with Gasteiger partial charge >= 0.3 is 11.9 Å². The highest BCUT2D eigenvalue weighted by Gasteiger charge is 2.14. The molecule has 0 aliphatic rings. The van der Waals surface area contributed by atoms with Crippen molar-refractivity contribution in [2.24, 2.45) is 0 Å². The van der Waals surface area contributed by atoms with E-state index in [9.17, 15) is 9.59 Å². The number of carbonyl (C=O) groups excluding carboxylic acids is 1. The summed E-state index contributed by atoms with van der Waals surface area (Å²) < 4.78 is 5.98. The summed E-state index contributed by atoms with van der Waals surface area (Å²) in [7, 11) is 0. The van der Waals surface area contributed by atoms with Crippen molar-refractivity contribution in [1.29, 1.82) is 0 Å². The van der Waals surface area contributed by atoms with Crippen LogP contribution in [0.4, 0.5) is 0 Å². The highest BCUT2D eigenvalue weighted by atomic mass is 16.5. The van der Waals surface area contributed by atoms with Gasteiger partial charge < -0.3 is 9.84 Å². The molecule has 0 aromatic carbocycles. The lowest BCUT2D eigenvalue weighted by Gasteiger charge is -2.18. The number of ether oxygens (including phenoxy) is 1. The lowest BCUT2D eigenvalue weighted by Crippen LogP contribution is -2.18. The zero-order valence-electron chi connectivity index (χ0n) is 30.4. The van der Waals surface area contributed by atoms with Crippen LogP contribution in [0.25, 0.3) is 0 Å². The van der Waals surface area contributed by atoms with Crippen LogP contribution < -0.4 is 0 Å².